The molecule has 3 amide bonds. The third-order valence-electron chi connectivity index (χ3n) is 6.99. The summed E-state index contributed by atoms with van der Waals surface area (Å²) in [5.74, 6) is -2.74. The predicted molar refractivity (Wildman–Crippen MR) is 166 cm³/mol. The van der Waals surface area contributed by atoms with E-state index in [4.69, 9.17) is 5.73 Å². The summed E-state index contributed by atoms with van der Waals surface area (Å²) in [4.78, 5) is 52.1. The van der Waals surface area contributed by atoms with Gasteiger partial charge in [0.1, 0.15) is 23.9 Å². The standard InChI is InChI=1S/C30H40N4O6S2/c1-29(2,3)19-10-6-18(7-11-19)15-22-26(37)34-24(28(39)40)30(4,5)42-41-16-23(27(38)32-22)33-25(36)21(31)14-17-8-12-20(35)13-9-17/h6-13,21-24,35H,14-16,31H2,1-5H3,(H,32,38)(H,33,36)(H,34,37)(H,39,40)/t21-,22?,23?,24-/m0/s1. The van der Waals surface area contributed by atoms with Crippen molar-refractivity contribution in [3.63, 3.8) is 0 Å². The van der Waals surface area contributed by atoms with Crippen molar-refractivity contribution in [3.05, 3.63) is 65.2 Å². The minimum absolute atomic E-state index is 0.0665. The molecule has 1 heterocycles. The topological polar surface area (TPSA) is 171 Å². The summed E-state index contributed by atoms with van der Waals surface area (Å²) in [7, 11) is 2.44. The first-order valence-electron chi connectivity index (χ1n) is 13.6. The number of carboxylic acid groups (broad SMARTS) is 1. The van der Waals surface area contributed by atoms with Gasteiger partial charge in [0.2, 0.25) is 17.7 Å². The van der Waals surface area contributed by atoms with Gasteiger partial charge in [-0.2, -0.15) is 0 Å². The van der Waals surface area contributed by atoms with Crippen LogP contribution in [0.4, 0.5) is 0 Å². The number of hydrogen-bond acceptors (Lipinski definition) is 8. The molecule has 7 N–H and O–H groups in total. The zero-order valence-corrected chi connectivity index (χ0v) is 26.1. The van der Waals surface area contributed by atoms with E-state index in [1.54, 1.807) is 26.0 Å². The number of nitrogens with one attached hydrogen (secondary N) is 3. The number of carbonyl (C=O) groups is 4. The summed E-state index contributed by atoms with van der Waals surface area (Å²) < 4.78 is -0.942. The molecule has 2 aromatic carbocycles. The Kier molecular flexibility index (Phi) is 11.0. The lowest BCUT2D eigenvalue weighted by atomic mass is 9.86. The Labute approximate surface area is 254 Å². The number of amides is 3. The zero-order valence-electron chi connectivity index (χ0n) is 24.5. The van der Waals surface area contributed by atoms with Crippen LogP contribution in [0.2, 0.25) is 0 Å². The van der Waals surface area contributed by atoms with E-state index in [1.807, 2.05) is 24.3 Å². The zero-order chi connectivity index (χ0) is 31.2. The highest BCUT2D eigenvalue weighted by Gasteiger charge is 2.40. The van der Waals surface area contributed by atoms with Crippen molar-refractivity contribution >= 4 is 45.3 Å². The van der Waals surface area contributed by atoms with Gasteiger partial charge in [-0.15, -0.1) is 0 Å². The van der Waals surface area contributed by atoms with E-state index in [-0.39, 0.29) is 29.8 Å². The van der Waals surface area contributed by atoms with Crippen LogP contribution in [0.5, 0.6) is 5.75 Å². The molecule has 0 bridgehead atoms. The Balaban J connectivity index is 1.85. The van der Waals surface area contributed by atoms with Crippen molar-refractivity contribution in [1.29, 1.82) is 0 Å². The Hall–Kier alpha value is -3.22. The predicted octanol–water partition coefficient (Wildman–Crippen LogP) is 2.51. The molecule has 10 nitrogen and oxygen atoms in total. The fraction of sp³-hybridized carbons (Fsp3) is 0.467. The summed E-state index contributed by atoms with van der Waals surface area (Å²) in [5.41, 5.74) is 8.70. The lowest BCUT2D eigenvalue weighted by Crippen LogP contribution is -2.59. The number of phenols is 1. The lowest BCUT2D eigenvalue weighted by molar-refractivity contribution is -0.143. The van der Waals surface area contributed by atoms with Gasteiger partial charge >= 0.3 is 5.97 Å². The second kappa shape index (κ2) is 13.8. The monoisotopic (exact) mass is 616 g/mol. The molecule has 0 radical (unpaired) electrons. The van der Waals surface area contributed by atoms with E-state index >= 15 is 0 Å². The maximum Gasteiger partial charge on any atom is 0.327 e. The molecule has 1 aliphatic rings. The third kappa shape index (κ3) is 9.14. The fourth-order valence-electron chi connectivity index (χ4n) is 4.38. The van der Waals surface area contributed by atoms with E-state index in [9.17, 15) is 29.4 Å². The Bertz CT molecular complexity index is 1280. The van der Waals surface area contributed by atoms with Gasteiger partial charge in [-0.1, -0.05) is 78.8 Å². The molecule has 1 fully saturated rings. The quantitative estimate of drug-likeness (QED) is 0.256. The first-order chi connectivity index (χ1) is 19.6. The van der Waals surface area contributed by atoms with Crippen LogP contribution < -0.4 is 21.7 Å². The molecule has 228 valence electrons. The first kappa shape index (κ1) is 33.3. The number of aliphatic carboxylic acids is 1. The van der Waals surface area contributed by atoms with Crippen molar-refractivity contribution in [1.82, 2.24) is 16.0 Å². The number of phenolic OH excluding ortho intramolecular Hbond substituents is 1. The van der Waals surface area contributed by atoms with Crippen LogP contribution in [0.3, 0.4) is 0 Å². The second-order valence-corrected chi connectivity index (χ2v) is 15.0. The van der Waals surface area contributed by atoms with Gasteiger partial charge in [0.15, 0.2) is 0 Å². The highest BCUT2D eigenvalue weighted by molar-refractivity contribution is 8.77. The van der Waals surface area contributed by atoms with E-state index in [0.29, 0.717) is 0 Å². The molecular weight excluding hydrogens is 576 g/mol. The second-order valence-electron chi connectivity index (χ2n) is 12.0. The molecule has 0 saturated carbocycles. The molecule has 12 heteroatoms. The largest absolute Gasteiger partial charge is 0.508 e. The normalized spacial score (nSPS) is 22.2. The smallest absolute Gasteiger partial charge is 0.327 e. The highest BCUT2D eigenvalue weighted by Crippen LogP contribution is 2.39. The van der Waals surface area contributed by atoms with Crippen LogP contribution in [-0.4, -0.2) is 68.6 Å². The molecule has 0 aromatic heterocycles. The maximum atomic E-state index is 13.5. The van der Waals surface area contributed by atoms with Gasteiger partial charge in [0, 0.05) is 12.2 Å². The molecule has 1 aliphatic heterocycles. The van der Waals surface area contributed by atoms with Crippen molar-refractivity contribution in [2.75, 3.05) is 5.75 Å². The van der Waals surface area contributed by atoms with Crippen LogP contribution in [0.15, 0.2) is 48.5 Å². The van der Waals surface area contributed by atoms with Crippen LogP contribution in [0, 0.1) is 0 Å². The summed E-state index contributed by atoms with van der Waals surface area (Å²) in [6.07, 6.45) is 0.307. The Morgan fingerprint density at radius 3 is 2.19 bits per heavy atom. The molecule has 2 unspecified atom stereocenters. The van der Waals surface area contributed by atoms with Crippen LogP contribution in [0.1, 0.15) is 51.3 Å². The summed E-state index contributed by atoms with van der Waals surface area (Å²) in [6.45, 7) is 9.69. The molecule has 1 saturated heterocycles. The molecule has 0 spiro atoms. The van der Waals surface area contributed by atoms with E-state index in [0.717, 1.165) is 16.7 Å². The lowest BCUT2D eigenvalue weighted by Gasteiger charge is -2.31. The van der Waals surface area contributed by atoms with Gasteiger partial charge < -0.3 is 31.9 Å². The number of benzene rings is 2. The van der Waals surface area contributed by atoms with Crippen molar-refractivity contribution in [2.24, 2.45) is 5.73 Å². The van der Waals surface area contributed by atoms with Gasteiger partial charge in [-0.3, -0.25) is 14.4 Å². The fourth-order valence-corrected chi connectivity index (χ4v) is 7.19. The van der Waals surface area contributed by atoms with Gasteiger partial charge in [0.05, 0.1) is 10.8 Å². The summed E-state index contributed by atoms with van der Waals surface area (Å²) in [6, 6.07) is 9.71. The average Bonchev–Trinajstić information content (AvgIpc) is 2.92. The number of carboxylic acids is 1. The number of carbonyl (C=O) groups excluding carboxylic acids is 3. The van der Waals surface area contributed by atoms with Crippen molar-refractivity contribution in [2.45, 2.75) is 81.8 Å². The van der Waals surface area contributed by atoms with E-state index in [1.165, 1.54) is 33.7 Å². The maximum absolute atomic E-state index is 13.5. The van der Waals surface area contributed by atoms with Gasteiger partial charge in [-0.25, -0.2) is 4.79 Å². The number of nitrogens with two attached hydrogens (primary N) is 1. The molecule has 3 rings (SSSR count). The van der Waals surface area contributed by atoms with Gasteiger partial charge in [0.25, 0.3) is 0 Å². The minimum atomic E-state index is -1.23. The van der Waals surface area contributed by atoms with Crippen LogP contribution in [-0.2, 0) is 37.4 Å². The average molecular weight is 617 g/mol. The summed E-state index contributed by atoms with van der Waals surface area (Å²) >= 11 is 0. The van der Waals surface area contributed by atoms with Crippen LogP contribution >= 0.6 is 21.6 Å². The first-order valence-corrected chi connectivity index (χ1v) is 16.0. The Morgan fingerprint density at radius 2 is 1.62 bits per heavy atom. The van der Waals surface area contributed by atoms with Crippen LogP contribution in [0.25, 0.3) is 0 Å². The molecular formula is C30H40N4O6S2. The van der Waals surface area contributed by atoms with E-state index < -0.39 is 52.6 Å². The molecule has 0 aliphatic carbocycles. The number of hydrogen-bond donors (Lipinski definition) is 6. The minimum Gasteiger partial charge on any atom is -0.508 e. The third-order valence-corrected chi connectivity index (χ3v) is 10.3. The summed E-state index contributed by atoms with van der Waals surface area (Å²) in [5, 5.41) is 27.5. The molecule has 42 heavy (non-hydrogen) atoms. The number of aromatic hydroxyl groups is 1. The number of rotatable bonds is 7. The van der Waals surface area contributed by atoms with Gasteiger partial charge in [-0.05, 0) is 54.5 Å². The molecule has 4 atom stereocenters. The van der Waals surface area contributed by atoms with E-state index in [2.05, 4.69) is 36.7 Å². The Morgan fingerprint density at radius 1 is 1.02 bits per heavy atom. The molecule has 2 aromatic rings. The SMILES string of the molecule is CC(C)(C)c1ccc(CC2NC(=O)C(NC(=O)[C@@H](N)Cc3ccc(O)cc3)CSSC(C)(C)[C@H](C(=O)O)NC2=O)cc1. The van der Waals surface area contributed by atoms with Crippen molar-refractivity contribution in [3.8, 4) is 5.75 Å². The van der Waals surface area contributed by atoms with Crippen molar-refractivity contribution < 1.29 is 29.4 Å². The highest BCUT2D eigenvalue weighted by atomic mass is 33.1.